The van der Waals surface area contributed by atoms with Crippen molar-refractivity contribution < 1.29 is 27.1 Å². The van der Waals surface area contributed by atoms with E-state index >= 15 is 0 Å². The van der Waals surface area contributed by atoms with Crippen LogP contribution in [-0.4, -0.2) is 39.4 Å². The predicted molar refractivity (Wildman–Crippen MR) is 83.4 cm³/mol. The van der Waals surface area contributed by atoms with Crippen LogP contribution in [-0.2, 0) is 18.6 Å². The molecule has 0 amide bonds. The van der Waals surface area contributed by atoms with E-state index in [1.54, 1.807) is 17.1 Å². The fourth-order valence-electron chi connectivity index (χ4n) is 2.55. The normalized spacial score (nSPS) is 17.3. The van der Waals surface area contributed by atoms with Gasteiger partial charge in [-0.25, -0.2) is 0 Å². The van der Waals surface area contributed by atoms with Crippen molar-refractivity contribution in [2.75, 3.05) is 13.1 Å². The Bertz CT molecular complexity index is 680. The molecular weight excluding hydrogens is 359 g/mol. The van der Waals surface area contributed by atoms with Gasteiger partial charge in [-0.05, 0) is 31.5 Å². The van der Waals surface area contributed by atoms with E-state index in [0.717, 1.165) is 24.3 Å². The van der Waals surface area contributed by atoms with E-state index in [4.69, 9.17) is 0 Å². The molecule has 26 heavy (non-hydrogen) atoms. The van der Waals surface area contributed by atoms with Crippen LogP contribution in [0.25, 0.3) is 0 Å². The highest BCUT2D eigenvalue weighted by atomic mass is 19.4. The minimum Gasteiger partial charge on any atom is -0.385 e. The molecule has 0 bridgehead atoms. The fraction of sp³-hybridized carbons (Fsp3) is 0.500. The number of aliphatic hydroxyl groups is 1. The first-order chi connectivity index (χ1) is 12.1. The molecule has 2 heterocycles. The molecule has 1 aromatic carbocycles. The van der Waals surface area contributed by atoms with Crippen molar-refractivity contribution in [3.63, 3.8) is 0 Å². The van der Waals surface area contributed by atoms with Crippen molar-refractivity contribution in [3.05, 3.63) is 47.8 Å². The Morgan fingerprint density at radius 1 is 1.08 bits per heavy atom. The highest BCUT2D eigenvalue weighted by molar-refractivity contribution is 5.30. The van der Waals surface area contributed by atoms with Gasteiger partial charge in [0.25, 0.3) is 0 Å². The summed E-state index contributed by atoms with van der Waals surface area (Å²) < 4.78 is 64.6. The van der Waals surface area contributed by atoms with Gasteiger partial charge in [0.2, 0.25) is 0 Å². The third-order valence-corrected chi connectivity index (χ3v) is 4.11. The summed E-state index contributed by atoms with van der Waals surface area (Å²) >= 11 is 0. The number of hydrogen-bond donors (Lipinski definition) is 2. The van der Waals surface area contributed by atoms with Gasteiger partial charge < -0.3 is 10.4 Å². The van der Waals surface area contributed by atoms with Crippen LogP contribution in [0, 0.1) is 0 Å². The van der Waals surface area contributed by atoms with Crippen LogP contribution in [0.4, 0.5) is 22.0 Å². The summed E-state index contributed by atoms with van der Waals surface area (Å²) in [6.45, 7) is 1.13. The number of aryl methyl sites for hydroxylation is 1. The maximum Gasteiger partial charge on any atom is 0.458 e. The average Bonchev–Trinajstić information content (AvgIpc) is 3.06. The molecule has 2 N–H and O–H groups in total. The quantitative estimate of drug-likeness (QED) is 0.789. The van der Waals surface area contributed by atoms with Gasteiger partial charge in [0.15, 0.2) is 0 Å². The minimum absolute atomic E-state index is 0.362. The molecule has 0 atom stereocenters. The Balaban J connectivity index is 0.000000342. The average molecular weight is 378 g/mol. The van der Waals surface area contributed by atoms with E-state index in [9.17, 15) is 27.1 Å². The van der Waals surface area contributed by atoms with E-state index < -0.39 is 23.3 Å². The summed E-state index contributed by atoms with van der Waals surface area (Å²) in [5.74, 6) is -4.89. The zero-order valence-corrected chi connectivity index (χ0v) is 14.0. The maximum atomic E-state index is 13.1. The lowest BCUT2D eigenvalue weighted by Gasteiger charge is -2.33. The summed E-state index contributed by atoms with van der Waals surface area (Å²) in [5, 5.41) is 20.5. The van der Waals surface area contributed by atoms with Crippen LogP contribution in [0.1, 0.15) is 24.0 Å². The van der Waals surface area contributed by atoms with Crippen molar-refractivity contribution in [1.82, 2.24) is 20.3 Å². The van der Waals surface area contributed by atoms with E-state index in [-0.39, 0.29) is 0 Å². The number of aromatic nitrogens is 3. The molecule has 0 spiro atoms. The highest BCUT2D eigenvalue weighted by Gasteiger charge is 2.58. The van der Waals surface area contributed by atoms with Crippen LogP contribution in [0.15, 0.2) is 36.7 Å². The molecule has 3 rings (SSSR count). The van der Waals surface area contributed by atoms with Gasteiger partial charge >= 0.3 is 12.1 Å². The summed E-state index contributed by atoms with van der Waals surface area (Å²) in [6, 6.07) is 3.73. The number of halogens is 5. The lowest BCUT2D eigenvalue weighted by Crippen LogP contribution is -2.39. The number of benzene rings is 1. The smallest absolute Gasteiger partial charge is 0.385 e. The van der Waals surface area contributed by atoms with Crippen LogP contribution < -0.4 is 5.32 Å². The molecule has 10 heteroatoms. The molecular formula is C16H19F5N4O. The van der Waals surface area contributed by atoms with Crippen LogP contribution in [0.5, 0.6) is 0 Å². The fourth-order valence-corrected chi connectivity index (χ4v) is 2.55. The predicted octanol–water partition coefficient (Wildman–Crippen LogP) is 2.73. The van der Waals surface area contributed by atoms with Gasteiger partial charge in [-0.1, -0.05) is 29.5 Å². The number of nitrogens with zero attached hydrogens (tertiary/aromatic N) is 3. The zero-order valence-electron chi connectivity index (χ0n) is 14.0. The molecule has 1 aliphatic rings. The minimum atomic E-state index is -5.62. The molecule has 0 unspecified atom stereocenters. The SMILES string of the molecule is Cn1ccnn1.OC1(c2ccc(C(F)(F)C(F)(F)F)cc2)CCNCC1. The van der Waals surface area contributed by atoms with Gasteiger partial charge in [0.1, 0.15) is 0 Å². The molecule has 1 aromatic heterocycles. The highest BCUT2D eigenvalue weighted by Crippen LogP contribution is 2.44. The summed E-state index contributed by atoms with van der Waals surface area (Å²) in [5.41, 5.74) is -1.93. The van der Waals surface area contributed by atoms with Crippen molar-refractivity contribution in [2.45, 2.75) is 30.5 Å². The number of nitrogens with one attached hydrogen (secondary N) is 1. The van der Waals surface area contributed by atoms with Crippen molar-refractivity contribution in [2.24, 2.45) is 7.05 Å². The van der Waals surface area contributed by atoms with Crippen molar-refractivity contribution in [1.29, 1.82) is 0 Å². The lowest BCUT2D eigenvalue weighted by molar-refractivity contribution is -0.289. The first-order valence-electron chi connectivity index (χ1n) is 7.85. The molecule has 0 aliphatic carbocycles. The van der Waals surface area contributed by atoms with Gasteiger partial charge in [-0.3, -0.25) is 4.68 Å². The lowest BCUT2D eigenvalue weighted by atomic mass is 9.84. The molecule has 144 valence electrons. The van der Waals surface area contributed by atoms with Crippen molar-refractivity contribution in [3.8, 4) is 0 Å². The van der Waals surface area contributed by atoms with Crippen LogP contribution in [0.3, 0.4) is 0 Å². The second kappa shape index (κ2) is 7.67. The van der Waals surface area contributed by atoms with E-state index in [1.807, 2.05) is 7.05 Å². The Morgan fingerprint density at radius 2 is 1.65 bits per heavy atom. The second-order valence-corrected chi connectivity index (χ2v) is 6.01. The molecule has 5 nitrogen and oxygen atoms in total. The number of hydrogen-bond acceptors (Lipinski definition) is 4. The van der Waals surface area contributed by atoms with E-state index in [0.29, 0.717) is 31.5 Å². The molecule has 1 aliphatic heterocycles. The summed E-state index contributed by atoms with van der Waals surface area (Å²) in [7, 11) is 1.83. The Kier molecular flexibility index (Phi) is 5.97. The summed E-state index contributed by atoms with van der Waals surface area (Å²) in [4.78, 5) is 0. The maximum absolute atomic E-state index is 13.1. The van der Waals surface area contributed by atoms with Gasteiger partial charge in [-0.15, -0.1) is 5.10 Å². The third-order valence-electron chi connectivity index (χ3n) is 4.11. The van der Waals surface area contributed by atoms with Crippen molar-refractivity contribution >= 4 is 0 Å². The summed E-state index contributed by atoms with van der Waals surface area (Å²) in [6.07, 6.45) is -1.43. The van der Waals surface area contributed by atoms with Gasteiger partial charge in [-0.2, -0.15) is 22.0 Å². The first-order valence-corrected chi connectivity index (χ1v) is 7.85. The Morgan fingerprint density at radius 3 is 2.04 bits per heavy atom. The second-order valence-electron chi connectivity index (χ2n) is 6.01. The monoisotopic (exact) mass is 378 g/mol. The van der Waals surface area contributed by atoms with Gasteiger partial charge in [0, 0.05) is 18.8 Å². The third kappa shape index (κ3) is 4.55. The Hall–Kier alpha value is -2.07. The Labute approximate surface area is 146 Å². The zero-order chi connectivity index (χ0) is 19.4. The number of rotatable bonds is 2. The standard InChI is InChI=1S/C13H14F5NO.C3H5N3/c14-12(15,13(16,17)18)10-3-1-9(2-4-10)11(20)5-7-19-8-6-11;1-6-3-2-4-5-6/h1-4,19-20H,5-8H2;2-3H,1H3. The molecule has 1 saturated heterocycles. The number of alkyl halides is 5. The largest absolute Gasteiger partial charge is 0.458 e. The first kappa shape index (κ1) is 20.2. The molecule has 1 fully saturated rings. The van der Waals surface area contributed by atoms with E-state index in [2.05, 4.69) is 15.6 Å². The van der Waals surface area contributed by atoms with E-state index in [1.165, 1.54) is 0 Å². The molecule has 0 saturated carbocycles. The number of piperidine rings is 1. The topological polar surface area (TPSA) is 63.0 Å². The van der Waals surface area contributed by atoms with Crippen LogP contribution >= 0.6 is 0 Å². The van der Waals surface area contributed by atoms with Crippen LogP contribution in [0.2, 0.25) is 0 Å². The molecule has 2 aromatic rings. The van der Waals surface area contributed by atoms with Gasteiger partial charge in [0.05, 0.1) is 11.8 Å². The molecule has 0 radical (unpaired) electrons.